The molecule has 1 saturated heterocycles. The monoisotopic (exact) mass is 658 g/mol. The molecule has 3 aromatic rings. The molecule has 6 nitrogen and oxygen atoms in total. The van der Waals surface area contributed by atoms with Crippen LogP contribution in [0.1, 0.15) is 35.2 Å². The van der Waals surface area contributed by atoms with E-state index in [2.05, 4.69) is 10.1 Å². The minimum atomic E-state index is -6.34. The van der Waals surface area contributed by atoms with Crippen molar-refractivity contribution in [2.24, 2.45) is 5.92 Å². The molecule has 0 N–H and O–H groups in total. The number of hydrogen-bond acceptors (Lipinski definition) is 4. The van der Waals surface area contributed by atoms with Gasteiger partial charge in [0.2, 0.25) is 0 Å². The second-order valence-corrected chi connectivity index (χ2v) is 11.3. The third-order valence-corrected chi connectivity index (χ3v) is 8.02. The van der Waals surface area contributed by atoms with Gasteiger partial charge >= 0.3 is 18.0 Å². The molecule has 5 rings (SSSR count). The highest BCUT2D eigenvalue weighted by molar-refractivity contribution is 6.38. The third kappa shape index (κ3) is 5.68. The number of pyridine rings is 1. The lowest BCUT2D eigenvalue weighted by Crippen LogP contribution is -2.50. The predicted octanol–water partition coefficient (Wildman–Crippen LogP) is 7.83. The summed E-state index contributed by atoms with van der Waals surface area (Å²) < 4.78 is 100. The van der Waals surface area contributed by atoms with E-state index in [1.165, 1.54) is 24.7 Å². The summed E-state index contributed by atoms with van der Waals surface area (Å²) in [7, 11) is 0. The van der Waals surface area contributed by atoms with Gasteiger partial charge in [0.1, 0.15) is 10.8 Å². The van der Waals surface area contributed by atoms with E-state index in [1.807, 2.05) is 0 Å². The Labute approximate surface area is 249 Å². The van der Waals surface area contributed by atoms with Gasteiger partial charge in [-0.25, -0.2) is 14.1 Å². The molecular weight excluding hydrogens is 640 g/mol. The minimum absolute atomic E-state index is 0.0144. The van der Waals surface area contributed by atoms with Crippen molar-refractivity contribution in [1.29, 1.82) is 0 Å². The second kappa shape index (κ2) is 11.1. The number of ether oxygens (including phenoxy) is 1. The largest absolute Gasteiger partial charge is 0.435 e. The van der Waals surface area contributed by atoms with Crippen LogP contribution in [-0.4, -0.2) is 63.7 Å². The number of alkyl halides is 7. The van der Waals surface area contributed by atoms with Gasteiger partial charge in [-0.15, -0.1) is 0 Å². The van der Waals surface area contributed by atoms with E-state index >= 15 is 0 Å². The Hall–Kier alpha value is -2.61. The van der Waals surface area contributed by atoms with Crippen molar-refractivity contribution < 1.29 is 40.3 Å². The van der Waals surface area contributed by atoms with Crippen LogP contribution in [-0.2, 0) is 10.4 Å². The van der Waals surface area contributed by atoms with Crippen molar-refractivity contribution in [2.75, 3.05) is 19.8 Å². The van der Waals surface area contributed by atoms with Crippen LogP contribution in [0.15, 0.2) is 36.8 Å². The highest BCUT2D eigenvalue weighted by Crippen LogP contribution is 2.54. The fourth-order valence-electron chi connectivity index (χ4n) is 4.59. The molecule has 1 saturated carbocycles. The number of aromatic nitrogens is 3. The number of carbonyl (C=O) groups is 1. The minimum Gasteiger partial charge on any atom is -0.381 e. The molecule has 0 radical (unpaired) electrons. The Kier molecular flexibility index (Phi) is 8.18. The molecule has 16 heteroatoms. The fourth-order valence-corrected chi connectivity index (χ4v) is 5.43. The van der Waals surface area contributed by atoms with Crippen LogP contribution in [0.3, 0.4) is 0 Å². The predicted molar refractivity (Wildman–Crippen MR) is 140 cm³/mol. The number of carbonyl (C=O) groups excluding carboxylic acids is 1. The summed E-state index contributed by atoms with van der Waals surface area (Å²) in [6, 6.07) is 2.02. The smallest absolute Gasteiger partial charge is 0.381 e. The summed E-state index contributed by atoms with van der Waals surface area (Å²) in [6.45, 7) is 1.85. The van der Waals surface area contributed by atoms with E-state index in [4.69, 9.17) is 39.5 Å². The average molecular weight is 660 g/mol. The number of amides is 1. The van der Waals surface area contributed by atoms with Crippen molar-refractivity contribution in [3.8, 4) is 16.8 Å². The van der Waals surface area contributed by atoms with Gasteiger partial charge in [-0.3, -0.25) is 4.79 Å². The van der Waals surface area contributed by atoms with E-state index < -0.39 is 33.6 Å². The van der Waals surface area contributed by atoms with Gasteiger partial charge < -0.3 is 9.64 Å². The van der Waals surface area contributed by atoms with Crippen LogP contribution in [0.25, 0.3) is 16.8 Å². The van der Waals surface area contributed by atoms with Gasteiger partial charge in [0.05, 0.1) is 35.0 Å². The lowest BCUT2D eigenvalue weighted by atomic mass is 9.94. The van der Waals surface area contributed by atoms with E-state index in [9.17, 15) is 35.5 Å². The van der Waals surface area contributed by atoms with Crippen LogP contribution in [0, 0.1) is 5.92 Å². The zero-order chi connectivity index (χ0) is 30.6. The summed E-state index contributed by atoms with van der Waals surface area (Å²) in [5.41, 5.74) is -6.95. The molecule has 2 aromatic heterocycles. The molecule has 0 spiro atoms. The van der Waals surface area contributed by atoms with Gasteiger partial charge in [-0.05, 0) is 37.5 Å². The van der Waals surface area contributed by atoms with Gasteiger partial charge in [0.15, 0.2) is 0 Å². The number of rotatable bonds is 8. The summed E-state index contributed by atoms with van der Waals surface area (Å²) in [4.78, 5) is 19.3. The normalized spacial score (nSPS) is 16.4. The van der Waals surface area contributed by atoms with Crippen molar-refractivity contribution >= 4 is 40.7 Å². The zero-order valence-electron chi connectivity index (χ0n) is 21.2. The number of nitrogens with zero attached hydrogens (tertiary/aromatic N) is 4. The molecule has 226 valence electrons. The molecule has 0 unspecified atom stereocenters. The molecule has 1 aliphatic heterocycles. The van der Waals surface area contributed by atoms with Crippen LogP contribution < -0.4 is 0 Å². The standard InChI is InChI=1S/C26H20Cl3F7N4O2/c27-19-6-16(24(30,25(31,32)33)26(34,35)36)7-20(28)21(19)40-10-15(9-38-40)14-5-18(22(29)37-8-14)23(41)39(17-1-2-17)4-3-13-11-42-12-13/h5-10,13,17H,1-4,11-12H2. The Morgan fingerprint density at radius 3 is 2.10 bits per heavy atom. The first-order valence-corrected chi connectivity index (χ1v) is 13.7. The highest BCUT2D eigenvalue weighted by atomic mass is 35.5. The van der Waals surface area contributed by atoms with Crippen LogP contribution in [0.2, 0.25) is 15.2 Å². The maximum atomic E-state index is 14.6. The third-order valence-electron chi connectivity index (χ3n) is 7.14. The quantitative estimate of drug-likeness (QED) is 0.183. The van der Waals surface area contributed by atoms with Gasteiger partial charge in [0, 0.05) is 47.6 Å². The van der Waals surface area contributed by atoms with E-state index in [-0.39, 0.29) is 40.5 Å². The van der Waals surface area contributed by atoms with E-state index in [0.29, 0.717) is 36.8 Å². The number of halogens is 10. The van der Waals surface area contributed by atoms with E-state index in [0.717, 1.165) is 23.9 Å². The lowest BCUT2D eigenvalue weighted by Gasteiger charge is -2.30. The topological polar surface area (TPSA) is 60.2 Å². The maximum absolute atomic E-state index is 14.6. The Morgan fingerprint density at radius 1 is 0.952 bits per heavy atom. The summed E-state index contributed by atoms with van der Waals surface area (Å²) >= 11 is 18.3. The van der Waals surface area contributed by atoms with Crippen molar-refractivity contribution in [1.82, 2.24) is 19.7 Å². The summed E-state index contributed by atoms with van der Waals surface area (Å²) in [6.07, 6.45) is -6.16. The number of benzene rings is 1. The zero-order valence-corrected chi connectivity index (χ0v) is 23.5. The van der Waals surface area contributed by atoms with Crippen LogP contribution >= 0.6 is 34.8 Å². The Bertz CT molecular complexity index is 1470. The van der Waals surface area contributed by atoms with E-state index in [1.54, 1.807) is 4.90 Å². The molecule has 3 heterocycles. The molecule has 1 aliphatic carbocycles. The van der Waals surface area contributed by atoms with Crippen molar-refractivity contribution in [2.45, 2.75) is 43.3 Å². The maximum Gasteiger partial charge on any atom is 0.435 e. The molecule has 0 atom stereocenters. The van der Waals surface area contributed by atoms with Crippen LogP contribution in [0.4, 0.5) is 30.7 Å². The second-order valence-electron chi connectivity index (χ2n) is 10.1. The lowest BCUT2D eigenvalue weighted by molar-refractivity contribution is -0.348. The van der Waals surface area contributed by atoms with Crippen molar-refractivity contribution in [3.63, 3.8) is 0 Å². The SMILES string of the molecule is O=C(c1cc(-c2cnn(-c3c(Cl)cc(C(F)(C(F)(F)F)C(F)(F)F)cc3Cl)c2)cnc1Cl)N(CCC1COC1)C1CC1. The van der Waals surface area contributed by atoms with Crippen LogP contribution in [0.5, 0.6) is 0 Å². The molecule has 2 aliphatic rings. The Morgan fingerprint density at radius 2 is 1.57 bits per heavy atom. The average Bonchev–Trinajstić information content (AvgIpc) is 3.59. The molecule has 42 heavy (non-hydrogen) atoms. The first-order valence-electron chi connectivity index (χ1n) is 12.5. The van der Waals surface area contributed by atoms with Gasteiger partial charge in [-0.1, -0.05) is 34.8 Å². The molecule has 1 aromatic carbocycles. The summed E-state index contributed by atoms with van der Waals surface area (Å²) in [5.74, 6) is 0.0935. The number of hydrogen-bond donors (Lipinski definition) is 0. The first kappa shape index (κ1) is 30.8. The fraction of sp³-hybridized carbons (Fsp3) is 0.423. The molecule has 0 bridgehead atoms. The first-order chi connectivity index (χ1) is 19.6. The molecule has 1 amide bonds. The molecule has 2 fully saturated rings. The Balaban J connectivity index is 1.44. The van der Waals surface area contributed by atoms with Crippen molar-refractivity contribution in [3.05, 3.63) is 63.1 Å². The summed E-state index contributed by atoms with van der Waals surface area (Å²) in [5, 5.41) is 2.60. The van der Waals surface area contributed by atoms with Gasteiger partial charge in [-0.2, -0.15) is 31.4 Å². The highest BCUT2D eigenvalue weighted by Gasteiger charge is 2.73. The van der Waals surface area contributed by atoms with Gasteiger partial charge in [0.25, 0.3) is 5.91 Å². The molecular formula is C26H20Cl3F7N4O2.